The van der Waals surface area contributed by atoms with E-state index in [1.54, 1.807) is 22.9 Å². The first kappa shape index (κ1) is 11.9. The molecule has 1 heterocycles. The van der Waals surface area contributed by atoms with Gasteiger partial charge < -0.3 is 0 Å². The summed E-state index contributed by atoms with van der Waals surface area (Å²) in [6.45, 7) is 1.51. The maximum atomic E-state index is 11.3. The van der Waals surface area contributed by atoms with E-state index < -0.39 is 0 Å². The number of para-hydroxylation sites is 1. The molecule has 0 atom stereocenters. The number of fused-ring (bicyclic) bond motifs is 1. The van der Waals surface area contributed by atoms with Gasteiger partial charge in [-0.05, 0) is 37.3 Å². The van der Waals surface area contributed by atoms with Gasteiger partial charge in [0.05, 0.1) is 16.2 Å². The molecule has 0 radical (unpaired) electrons. The molecule has 0 N–H and O–H groups in total. The first-order valence-electron chi connectivity index (χ1n) is 5.78. The van der Waals surface area contributed by atoms with E-state index in [0.29, 0.717) is 16.3 Å². The predicted molar refractivity (Wildman–Crippen MR) is 73.9 cm³/mol. The van der Waals surface area contributed by atoms with Crippen molar-refractivity contribution in [3.8, 4) is 5.69 Å². The molecule has 3 rings (SSSR count). The first-order valence-corrected chi connectivity index (χ1v) is 6.16. The molecular weight excluding hydrogens is 262 g/mol. The lowest BCUT2D eigenvalue weighted by Gasteiger charge is -2.06. The molecule has 94 valence electrons. The number of aromatic nitrogens is 3. The predicted octanol–water partition coefficient (Wildman–Crippen LogP) is 3.28. The minimum Gasteiger partial charge on any atom is -0.295 e. The maximum Gasteiger partial charge on any atom is 0.159 e. The summed E-state index contributed by atoms with van der Waals surface area (Å²) in [5.41, 5.74) is 2.97. The van der Waals surface area contributed by atoms with E-state index in [2.05, 4.69) is 10.3 Å². The number of nitrogens with zero attached hydrogens (tertiary/aromatic N) is 3. The Morgan fingerprint density at radius 1 is 1.21 bits per heavy atom. The lowest BCUT2D eigenvalue weighted by atomic mass is 10.1. The normalized spacial score (nSPS) is 10.8. The van der Waals surface area contributed by atoms with Gasteiger partial charge in [-0.2, -0.15) is 0 Å². The summed E-state index contributed by atoms with van der Waals surface area (Å²) in [5.74, 6) is -0.0168. The number of hydrogen-bond acceptors (Lipinski definition) is 3. The molecule has 1 aromatic heterocycles. The quantitative estimate of drug-likeness (QED) is 0.672. The highest BCUT2D eigenvalue weighted by molar-refractivity contribution is 6.32. The Morgan fingerprint density at radius 3 is 2.74 bits per heavy atom. The van der Waals surface area contributed by atoms with Gasteiger partial charge in [-0.15, -0.1) is 5.10 Å². The molecule has 0 unspecified atom stereocenters. The van der Waals surface area contributed by atoms with Crippen molar-refractivity contribution in [2.75, 3.05) is 0 Å². The zero-order chi connectivity index (χ0) is 13.4. The van der Waals surface area contributed by atoms with Crippen LogP contribution in [-0.4, -0.2) is 20.8 Å². The van der Waals surface area contributed by atoms with Crippen LogP contribution in [0.3, 0.4) is 0 Å². The molecule has 3 aromatic rings. The lowest BCUT2D eigenvalue weighted by Crippen LogP contribution is -2.00. The van der Waals surface area contributed by atoms with Gasteiger partial charge in [-0.1, -0.05) is 28.9 Å². The lowest BCUT2D eigenvalue weighted by molar-refractivity contribution is 0.101. The van der Waals surface area contributed by atoms with Crippen molar-refractivity contribution in [3.63, 3.8) is 0 Å². The van der Waals surface area contributed by atoms with Gasteiger partial charge in [0.2, 0.25) is 0 Å². The van der Waals surface area contributed by atoms with Crippen molar-refractivity contribution in [2.24, 2.45) is 0 Å². The van der Waals surface area contributed by atoms with E-state index in [9.17, 15) is 4.79 Å². The van der Waals surface area contributed by atoms with Crippen molar-refractivity contribution in [2.45, 2.75) is 6.92 Å². The molecule has 0 bridgehead atoms. The number of carbonyl (C=O) groups is 1. The molecule has 0 aliphatic rings. The Labute approximate surface area is 114 Å². The molecule has 0 saturated carbocycles. The van der Waals surface area contributed by atoms with Crippen LogP contribution >= 0.6 is 11.6 Å². The Morgan fingerprint density at radius 2 is 2.00 bits per heavy atom. The maximum absolute atomic E-state index is 11.3. The second-order valence-electron chi connectivity index (χ2n) is 4.21. The molecule has 0 spiro atoms. The molecule has 19 heavy (non-hydrogen) atoms. The number of hydrogen-bond donors (Lipinski definition) is 0. The minimum atomic E-state index is -0.0168. The van der Waals surface area contributed by atoms with Gasteiger partial charge in [0.1, 0.15) is 5.52 Å². The van der Waals surface area contributed by atoms with Crippen LogP contribution in [0.4, 0.5) is 0 Å². The molecule has 0 saturated heterocycles. The van der Waals surface area contributed by atoms with Crippen molar-refractivity contribution in [1.82, 2.24) is 15.0 Å². The van der Waals surface area contributed by atoms with Crippen LogP contribution in [0.5, 0.6) is 0 Å². The van der Waals surface area contributed by atoms with Gasteiger partial charge in [0.15, 0.2) is 5.78 Å². The van der Waals surface area contributed by atoms with Gasteiger partial charge in [0.25, 0.3) is 0 Å². The van der Waals surface area contributed by atoms with E-state index in [0.717, 1.165) is 11.0 Å². The number of Topliss-reactive ketones (excluding diaryl/α,β-unsaturated/α-hetero) is 1. The Balaban J connectivity index is 2.19. The van der Waals surface area contributed by atoms with E-state index in [1.165, 1.54) is 6.92 Å². The average Bonchev–Trinajstić information content (AvgIpc) is 2.82. The summed E-state index contributed by atoms with van der Waals surface area (Å²) in [6.07, 6.45) is 0. The summed E-state index contributed by atoms with van der Waals surface area (Å²) in [7, 11) is 0. The first-order chi connectivity index (χ1) is 9.16. The van der Waals surface area contributed by atoms with E-state index >= 15 is 0 Å². The fourth-order valence-electron chi connectivity index (χ4n) is 1.94. The van der Waals surface area contributed by atoms with Crippen LogP contribution in [-0.2, 0) is 0 Å². The van der Waals surface area contributed by atoms with Crippen LogP contribution < -0.4 is 0 Å². The zero-order valence-corrected chi connectivity index (χ0v) is 10.9. The number of rotatable bonds is 2. The van der Waals surface area contributed by atoms with Crippen molar-refractivity contribution < 1.29 is 4.79 Å². The molecular formula is C14H10ClN3O. The molecule has 4 nitrogen and oxygen atoms in total. The third kappa shape index (κ3) is 2.00. The third-order valence-corrected chi connectivity index (χ3v) is 3.24. The molecule has 0 aliphatic carbocycles. The summed E-state index contributed by atoms with van der Waals surface area (Å²) in [4.78, 5) is 11.3. The molecule has 2 aromatic carbocycles. The van der Waals surface area contributed by atoms with Gasteiger partial charge in [0, 0.05) is 5.56 Å². The number of carbonyl (C=O) groups excluding carboxylic acids is 1. The summed E-state index contributed by atoms with van der Waals surface area (Å²) in [5, 5.41) is 8.65. The van der Waals surface area contributed by atoms with Gasteiger partial charge >= 0.3 is 0 Å². The van der Waals surface area contributed by atoms with Crippen molar-refractivity contribution in [1.29, 1.82) is 0 Å². The molecule has 0 aliphatic heterocycles. The van der Waals surface area contributed by atoms with E-state index in [4.69, 9.17) is 11.6 Å². The largest absolute Gasteiger partial charge is 0.295 e. The van der Waals surface area contributed by atoms with Crippen LogP contribution in [0.25, 0.3) is 16.7 Å². The fraction of sp³-hybridized carbons (Fsp3) is 0.0714. The average molecular weight is 272 g/mol. The van der Waals surface area contributed by atoms with E-state index in [-0.39, 0.29) is 5.78 Å². The SMILES string of the molecule is CC(=O)c1ccc(-n2nnc3ccccc32)c(Cl)c1. The van der Waals surface area contributed by atoms with Crippen LogP contribution in [0.15, 0.2) is 42.5 Å². The number of ketones is 1. The second-order valence-corrected chi connectivity index (χ2v) is 4.62. The van der Waals surface area contributed by atoms with Gasteiger partial charge in [-0.3, -0.25) is 4.79 Å². The topological polar surface area (TPSA) is 47.8 Å². The summed E-state index contributed by atoms with van der Waals surface area (Å²) >= 11 is 6.22. The molecule has 0 fully saturated rings. The van der Waals surface area contributed by atoms with E-state index in [1.807, 2.05) is 24.3 Å². The van der Waals surface area contributed by atoms with Crippen LogP contribution in [0.2, 0.25) is 5.02 Å². The Hall–Kier alpha value is -2.20. The van der Waals surface area contributed by atoms with Crippen molar-refractivity contribution in [3.05, 3.63) is 53.1 Å². The number of halogens is 1. The monoisotopic (exact) mass is 271 g/mol. The number of benzene rings is 2. The highest BCUT2D eigenvalue weighted by Gasteiger charge is 2.10. The zero-order valence-electron chi connectivity index (χ0n) is 10.2. The van der Waals surface area contributed by atoms with Crippen LogP contribution in [0.1, 0.15) is 17.3 Å². The highest BCUT2D eigenvalue weighted by Crippen LogP contribution is 2.24. The summed E-state index contributed by atoms with van der Waals surface area (Å²) in [6, 6.07) is 12.8. The second kappa shape index (κ2) is 4.48. The standard InChI is InChI=1S/C14H10ClN3O/c1-9(19)10-6-7-13(11(15)8-10)18-14-5-3-2-4-12(14)16-17-18/h2-8H,1H3. The Bertz CT molecular complexity index is 779. The molecule has 5 heteroatoms. The summed E-state index contributed by atoms with van der Waals surface area (Å²) < 4.78 is 1.67. The van der Waals surface area contributed by atoms with Crippen LogP contribution in [0, 0.1) is 0 Å². The van der Waals surface area contributed by atoms with Gasteiger partial charge in [-0.25, -0.2) is 4.68 Å². The highest BCUT2D eigenvalue weighted by atomic mass is 35.5. The Kier molecular flexibility index (Phi) is 2.80. The van der Waals surface area contributed by atoms with Crippen molar-refractivity contribution >= 4 is 28.4 Å². The minimum absolute atomic E-state index is 0.0168. The smallest absolute Gasteiger partial charge is 0.159 e. The fourth-order valence-corrected chi connectivity index (χ4v) is 2.21. The third-order valence-electron chi connectivity index (χ3n) is 2.93. The molecule has 0 amide bonds.